The Morgan fingerprint density at radius 1 is 0.933 bits per heavy atom. The van der Waals surface area contributed by atoms with Crippen LogP contribution in [0, 0.1) is 33.1 Å². The van der Waals surface area contributed by atoms with E-state index in [9.17, 15) is 0 Å². The lowest BCUT2D eigenvalue weighted by Gasteiger charge is -2.47. The van der Waals surface area contributed by atoms with Gasteiger partial charge in [0, 0.05) is 24.2 Å². The second-order valence-electron chi connectivity index (χ2n) is 9.46. The molecule has 1 aromatic heterocycles. The van der Waals surface area contributed by atoms with Crippen molar-refractivity contribution >= 4 is 0 Å². The smallest absolute Gasteiger partial charge is 0.186 e. The second kappa shape index (κ2) is 9.65. The van der Waals surface area contributed by atoms with E-state index >= 15 is 0 Å². The fourth-order valence-corrected chi connectivity index (χ4v) is 5.09. The molecule has 1 aliphatic rings. The quantitative estimate of drug-likeness (QED) is 0.501. The molecule has 1 aliphatic heterocycles. The Hall–Kier alpha value is -1.65. The van der Waals surface area contributed by atoms with Gasteiger partial charge in [-0.25, -0.2) is 4.98 Å². The molecule has 4 nitrogen and oxygen atoms in total. The van der Waals surface area contributed by atoms with Gasteiger partial charge in [-0.05, 0) is 74.8 Å². The highest BCUT2D eigenvalue weighted by atomic mass is 16.7. The summed E-state index contributed by atoms with van der Waals surface area (Å²) in [7, 11) is 0. The van der Waals surface area contributed by atoms with Crippen LogP contribution in [0.15, 0.2) is 24.8 Å². The van der Waals surface area contributed by atoms with E-state index < -0.39 is 5.79 Å². The molecule has 1 saturated heterocycles. The van der Waals surface area contributed by atoms with Gasteiger partial charge >= 0.3 is 0 Å². The average Bonchev–Trinajstić information content (AvgIpc) is 3.22. The summed E-state index contributed by atoms with van der Waals surface area (Å²) in [6.07, 6.45) is 12.2. The van der Waals surface area contributed by atoms with Crippen LogP contribution in [-0.4, -0.2) is 28.6 Å². The third kappa shape index (κ3) is 4.97. The Morgan fingerprint density at radius 3 is 2.03 bits per heavy atom. The second-order valence-corrected chi connectivity index (χ2v) is 9.46. The molecule has 2 aromatic rings. The van der Waals surface area contributed by atoms with Crippen LogP contribution < -0.4 is 0 Å². The molecular formula is C26H40N2O2. The maximum Gasteiger partial charge on any atom is 0.186 e. The molecule has 1 fully saturated rings. The standard InChI is InChI=1S/C26H40N2O2/c1-7-10-25(11-8-2)17-29-26(30-18-25,16-28-14-13-27-19-28)12-9-24-22(5)20(3)15-21(4)23(24)6/h13-15,19H,7-12,16-18H2,1-6H3. The first-order valence-corrected chi connectivity index (χ1v) is 11.6. The summed E-state index contributed by atoms with van der Waals surface area (Å²) in [4.78, 5) is 4.23. The fourth-order valence-electron chi connectivity index (χ4n) is 5.09. The minimum atomic E-state index is -0.595. The molecule has 0 atom stereocenters. The van der Waals surface area contributed by atoms with Gasteiger partial charge in [-0.15, -0.1) is 0 Å². The van der Waals surface area contributed by atoms with Crippen LogP contribution in [0.1, 0.15) is 73.8 Å². The molecule has 30 heavy (non-hydrogen) atoms. The van der Waals surface area contributed by atoms with Gasteiger partial charge in [0.15, 0.2) is 5.79 Å². The molecule has 0 bridgehead atoms. The van der Waals surface area contributed by atoms with Gasteiger partial charge in [0.2, 0.25) is 0 Å². The molecule has 0 radical (unpaired) electrons. The third-order valence-corrected chi connectivity index (χ3v) is 7.10. The van der Waals surface area contributed by atoms with Crippen molar-refractivity contribution in [2.75, 3.05) is 13.2 Å². The zero-order valence-corrected chi connectivity index (χ0v) is 19.9. The predicted octanol–water partition coefficient (Wildman–Crippen LogP) is 6.08. The first kappa shape index (κ1) is 23.0. The lowest BCUT2D eigenvalue weighted by atomic mass is 9.79. The van der Waals surface area contributed by atoms with Gasteiger partial charge in [-0.1, -0.05) is 32.8 Å². The van der Waals surface area contributed by atoms with E-state index in [4.69, 9.17) is 9.47 Å². The van der Waals surface area contributed by atoms with Gasteiger partial charge in [-0.3, -0.25) is 0 Å². The summed E-state index contributed by atoms with van der Waals surface area (Å²) in [5, 5.41) is 0. The van der Waals surface area contributed by atoms with E-state index in [1.54, 1.807) is 0 Å². The van der Waals surface area contributed by atoms with Crippen LogP contribution >= 0.6 is 0 Å². The minimum absolute atomic E-state index is 0.160. The first-order chi connectivity index (χ1) is 14.3. The summed E-state index contributed by atoms with van der Waals surface area (Å²) in [6.45, 7) is 15.7. The summed E-state index contributed by atoms with van der Waals surface area (Å²) < 4.78 is 15.4. The van der Waals surface area contributed by atoms with Crippen LogP contribution in [0.4, 0.5) is 0 Å². The Labute approximate surface area is 183 Å². The maximum atomic E-state index is 6.65. The molecule has 0 aliphatic carbocycles. The average molecular weight is 413 g/mol. The van der Waals surface area contributed by atoms with Crippen LogP contribution in [0.2, 0.25) is 0 Å². The highest BCUT2D eigenvalue weighted by Crippen LogP contribution is 2.40. The van der Waals surface area contributed by atoms with Gasteiger partial charge in [0.25, 0.3) is 0 Å². The molecule has 0 spiro atoms. The number of hydrogen-bond acceptors (Lipinski definition) is 3. The molecule has 1 aromatic carbocycles. The lowest BCUT2D eigenvalue weighted by Crippen LogP contribution is -2.52. The van der Waals surface area contributed by atoms with Gasteiger partial charge in [0.1, 0.15) is 0 Å². The van der Waals surface area contributed by atoms with Crippen LogP contribution in [0.5, 0.6) is 0 Å². The van der Waals surface area contributed by atoms with Gasteiger partial charge in [-0.2, -0.15) is 0 Å². The van der Waals surface area contributed by atoms with Crippen molar-refractivity contribution in [2.24, 2.45) is 5.41 Å². The maximum absolute atomic E-state index is 6.65. The Balaban J connectivity index is 1.83. The van der Waals surface area contributed by atoms with Crippen LogP contribution in [-0.2, 0) is 22.4 Å². The van der Waals surface area contributed by atoms with Crippen LogP contribution in [0.25, 0.3) is 0 Å². The number of imidazole rings is 1. The van der Waals surface area contributed by atoms with E-state index in [1.165, 1.54) is 40.7 Å². The number of hydrogen-bond donors (Lipinski definition) is 0. The fraction of sp³-hybridized carbons (Fsp3) is 0.654. The number of aryl methyl sites for hydroxylation is 2. The SMILES string of the molecule is CCCC1(CCC)COC(CCc2c(C)c(C)cc(C)c2C)(Cn2ccnc2)OC1. The van der Waals surface area contributed by atoms with E-state index in [0.29, 0.717) is 6.54 Å². The summed E-state index contributed by atoms with van der Waals surface area (Å²) >= 11 is 0. The Morgan fingerprint density at radius 2 is 1.53 bits per heavy atom. The number of rotatable bonds is 9. The topological polar surface area (TPSA) is 36.3 Å². The number of benzene rings is 1. The van der Waals surface area contributed by atoms with E-state index in [-0.39, 0.29) is 5.41 Å². The zero-order chi connectivity index (χ0) is 21.8. The predicted molar refractivity (Wildman–Crippen MR) is 123 cm³/mol. The number of nitrogens with zero attached hydrogens (tertiary/aromatic N) is 2. The molecule has 0 unspecified atom stereocenters. The van der Waals surface area contributed by atoms with Crippen molar-refractivity contribution in [3.8, 4) is 0 Å². The molecule has 4 heteroatoms. The van der Waals surface area contributed by atoms with Crippen molar-refractivity contribution in [3.63, 3.8) is 0 Å². The molecular weight excluding hydrogens is 372 g/mol. The monoisotopic (exact) mass is 412 g/mol. The van der Waals surface area contributed by atoms with Crippen molar-refractivity contribution in [2.45, 2.75) is 92.4 Å². The van der Waals surface area contributed by atoms with Crippen LogP contribution in [0.3, 0.4) is 0 Å². The first-order valence-electron chi connectivity index (χ1n) is 11.6. The molecule has 0 N–H and O–H groups in total. The molecule has 2 heterocycles. The summed E-state index contributed by atoms with van der Waals surface area (Å²) in [5.41, 5.74) is 7.15. The zero-order valence-electron chi connectivity index (χ0n) is 19.9. The highest BCUT2D eigenvalue weighted by molar-refractivity contribution is 5.44. The summed E-state index contributed by atoms with van der Waals surface area (Å²) in [5.74, 6) is -0.595. The normalized spacial score (nSPS) is 17.9. The highest BCUT2D eigenvalue weighted by Gasteiger charge is 2.44. The van der Waals surface area contributed by atoms with E-state index in [2.05, 4.69) is 57.2 Å². The Kier molecular flexibility index (Phi) is 7.41. The summed E-state index contributed by atoms with van der Waals surface area (Å²) in [6, 6.07) is 2.30. The number of aromatic nitrogens is 2. The van der Waals surface area contributed by atoms with Crippen molar-refractivity contribution in [1.82, 2.24) is 9.55 Å². The van der Waals surface area contributed by atoms with Crippen molar-refractivity contribution in [3.05, 3.63) is 52.6 Å². The van der Waals surface area contributed by atoms with E-state index in [0.717, 1.165) is 38.9 Å². The van der Waals surface area contributed by atoms with Gasteiger partial charge in [0.05, 0.1) is 26.1 Å². The lowest BCUT2D eigenvalue weighted by molar-refractivity contribution is -0.314. The Bertz CT molecular complexity index is 784. The largest absolute Gasteiger partial charge is 0.347 e. The molecule has 0 amide bonds. The minimum Gasteiger partial charge on any atom is -0.347 e. The molecule has 166 valence electrons. The molecule has 3 rings (SSSR count). The van der Waals surface area contributed by atoms with E-state index in [1.807, 2.05) is 18.7 Å². The van der Waals surface area contributed by atoms with Crippen molar-refractivity contribution in [1.29, 1.82) is 0 Å². The van der Waals surface area contributed by atoms with Gasteiger partial charge < -0.3 is 14.0 Å². The third-order valence-electron chi connectivity index (χ3n) is 7.10. The molecule has 0 saturated carbocycles. The number of ether oxygens (including phenoxy) is 2. The van der Waals surface area contributed by atoms with Crippen molar-refractivity contribution < 1.29 is 9.47 Å².